The molecule has 2 aliphatic heterocycles. The van der Waals surface area contributed by atoms with Crippen LogP contribution in [0.15, 0.2) is 53.6 Å². The van der Waals surface area contributed by atoms with Gasteiger partial charge >= 0.3 is 0 Å². The van der Waals surface area contributed by atoms with Crippen molar-refractivity contribution in [3.8, 4) is 5.69 Å². The van der Waals surface area contributed by atoms with Crippen molar-refractivity contribution in [1.29, 1.82) is 0 Å². The third-order valence-corrected chi connectivity index (χ3v) is 6.95. The van der Waals surface area contributed by atoms with Gasteiger partial charge in [0.05, 0.1) is 34.3 Å². The van der Waals surface area contributed by atoms with Gasteiger partial charge in [0, 0.05) is 13.6 Å². The number of benzene rings is 2. The Kier molecular flexibility index (Phi) is 5.33. The number of aromatic nitrogens is 4. The van der Waals surface area contributed by atoms with Gasteiger partial charge in [-0.2, -0.15) is 0 Å². The number of carbonyl (C=O) groups excluding carboxylic acids is 1. The molecule has 0 bridgehead atoms. The van der Waals surface area contributed by atoms with Crippen LogP contribution in [0.4, 0.5) is 16.0 Å². The summed E-state index contributed by atoms with van der Waals surface area (Å²) < 4.78 is 15.7. The van der Waals surface area contributed by atoms with E-state index in [-0.39, 0.29) is 21.9 Å². The number of halogens is 2. The molecule has 9 nitrogen and oxygen atoms in total. The molecule has 0 saturated carbocycles. The number of nitrogens with zero attached hydrogens (tertiary/aromatic N) is 6. The second-order valence-electron chi connectivity index (χ2n) is 8.83. The first-order chi connectivity index (χ1) is 17.4. The van der Waals surface area contributed by atoms with Gasteiger partial charge in [-0.1, -0.05) is 23.7 Å². The average Bonchev–Trinajstić information content (AvgIpc) is 3.35. The van der Waals surface area contributed by atoms with E-state index in [4.69, 9.17) is 16.6 Å². The van der Waals surface area contributed by atoms with Crippen molar-refractivity contribution < 1.29 is 9.18 Å². The number of rotatable bonds is 3. The van der Waals surface area contributed by atoms with Crippen LogP contribution in [0.3, 0.4) is 0 Å². The largest absolute Gasteiger partial charge is 0.352 e. The van der Waals surface area contributed by atoms with Gasteiger partial charge in [0.25, 0.3) is 11.5 Å². The molecule has 1 atom stereocenters. The Bertz CT molecular complexity index is 1590. The second kappa shape index (κ2) is 8.56. The van der Waals surface area contributed by atoms with Gasteiger partial charge in [-0.05, 0) is 43.2 Å². The van der Waals surface area contributed by atoms with Crippen LogP contribution in [-0.4, -0.2) is 50.6 Å². The number of hydrogen-bond donors (Lipinski definition) is 1. The summed E-state index contributed by atoms with van der Waals surface area (Å²) in [4.78, 5) is 44.0. The number of carbonyl (C=O) groups is 1. The van der Waals surface area contributed by atoms with Crippen molar-refractivity contribution in [2.24, 2.45) is 0 Å². The molecule has 2 aliphatic rings. The number of hydrogen-bond acceptors (Lipinski definition) is 7. The van der Waals surface area contributed by atoms with Gasteiger partial charge in [0.1, 0.15) is 35.2 Å². The monoisotopic (exact) mass is 505 g/mol. The lowest BCUT2D eigenvalue weighted by atomic mass is 10.1. The van der Waals surface area contributed by atoms with Crippen LogP contribution in [0, 0.1) is 5.82 Å². The van der Waals surface area contributed by atoms with Crippen LogP contribution < -0.4 is 15.8 Å². The quantitative estimate of drug-likeness (QED) is 0.453. The number of nitrogens with one attached hydrogen (secondary N) is 1. The minimum Gasteiger partial charge on any atom is -0.352 e. The van der Waals surface area contributed by atoms with Gasteiger partial charge in [-0.25, -0.2) is 19.3 Å². The standard InChI is InChI=1S/C25H21ClFN7O2/c1-32-13-30-21-20(24(32)35)23(29-12-28-21)33-10-4-9-18(33)22-31-17-8-3-7-16(26)19(17)25(36)34(22)15-6-2-5-14(27)11-15/h2-3,5-8,11-12,18H,4,9-10,13H2,1H3,(H,28,29,30)/t18-/m0/s1. The number of anilines is 2. The lowest BCUT2D eigenvalue weighted by Crippen LogP contribution is -2.40. The van der Waals surface area contributed by atoms with Crippen molar-refractivity contribution in [2.75, 3.05) is 30.5 Å². The van der Waals surface area contributed by atoms with Gasteiger partial charge in [0.2, 0.25) is 0 Å². The first kappa shape index (κ1) is 22.4. The molecular formula is C25H21ClFN7O2. The Morgan fingerprint density at radius 3 is 2.81 bits per heavy atom. The average molecular weight is 506 g/mol. The summed E-state index contributed by atoms with van der Waals surface area (Å²) in [6.07, 6.45) is 2.86. The molecule has 4 aromatic rings. The molecule has 182 valence electrons. The number of amides is 1. The van der Waals surface area contributed by atoms with E-state index in [0.29, 0.717) is 53.9 Å². The van der Waals surface area contributed by atoms with Crippen LogP contribution in [0.2, 0.25) is 5.02 Å². The van der Waals surface area contributed by atoms with E-state index in [1.54, 1.807) is 42.3 Å². The van der Waals surface area contributed by atoms with Crippen molar-refractivity contribution >= 4 is 40.0 Å². The van der Waals surface area contributed by atoms with E-state index in [2.05, 4.69) is 15.3 Å². The second-order valence-corrected chi connectivity index (χ2v) is 9.24. The molecule has 0 radical (unpaired) electrons. The van der Waals surface area contributed by atoms with Crippen LogP contribution in [0.1, 0.15) is 35.1 Å². The zero-order chi connectivity index (χ0) is 25.0. The minimum absolute atomic E-state index is 0.189. The Morgan fingerprint density at radius 1 is 1.14 bits per heavy atom. The van der Waals surface area contributed by atoms with E-state index >= 15 is 0 Å². The van der Waals surface area contributed by atoms with Gasteiger partial charge in [-0.15, -0.1) is 0 Å². The highest BCUT2D eigenvalue weighted by Gasteiger charge is 2.37. The van der Waals surface area contributed by atoms with E-state index < -0.39 is 11.9 Å². The smallest absolute Gasteiger partial charge is 0.267 e. The summed E-state index contributed by atoms with van der Waals surface area (Å²) in [5.41, 5.74) is 0.782. The maximum absolute atomic E-state index is 14.3. The predicted octanol–water partition coefficient (Wildman–Crippen LogP) is 3.76. The first-order valence-corrected chi connectivity index (χ1v) is 11.9. The fraction of sp³-hybridized carbons (Fsp3) is 0.240. The summed E-state index contributed by atoms with van der Waals surface area (Å²) in [6, 6.07) is 10.5. The summed E-state index contributed by atoms with van der Waals surface area (Å²) >= 11 is 6.39. The normalized spacial score (nSPS) is 17.4. The summed E-state index contributed by atoms with van der Waals surface area (Å²) in [6.45, 7) is 0.940. The third kappa shape index (κ3) is 3.48. The molecule has 36 heavy (non-hydrogen) atoms. The molecule has 0 aliphatic carbocycles. The Hall–Kier alpha value is -4.05. The fourth-order valence-corrected chi connectivity index (χ4v) is 5.22. The van der Waals surface area contributed by atoms with Gasteiger partial charge < -0.3 is 15.1 Å². The molecule has 1 fully saturated rings. The van der Waals surface area contributed by atoms with Crippen LogP contribution in [-0.2, 0) is 0 Å². The molecule has 0 spiro atoms. The zero-order valence-electron chi connectivity index (χ0n) is 19.3. The molecule has 1 saturated heterocycles. The van der Waals surface area contributed by atoms with E-state index in [0.717, 1.165) is 6.42 Å². The molecule has 4 heterocycles. The Labute approximate surface area is 210 Å². The van der Waals surface area contributed by atoms with Crippen LogP contribution in [0.25, 0.3) is 16.6 Å². The Balaban J connectivity index is 1.59. The van der Waals surface area contributed by atoms with Gasteiger partial charge in [0.15, 0.2) is 0 Å². The predicted molar refractivity (Wildman–Crippen MR) is 134 cm³/mol. The highest BCUT2D eigenvalue weighted by molar-refractivity contribution is 6.35. The topological polar surface area (TPSA) is 96.2 Å². The van der Waals surface area contributed by atoms with Crippen molar-refractivity contribution in [1.82, 2.24) is 24.4 Å². The van der Waals surface area contributed by atoms with E-state index in [1.807, 2.05) is 4.90 Å². The molecule has 1 amide bonds. The summed E-state index contributed by atoms with van der Waals surface area (Å²) in [5.74, 6) is 0.699. The zero-order valence-corrected chi connectivity index (χ0v) is 20.0. The molecule has 1 N–H and O–H groups in total. The summed E-state index contributed by atoms with van der Waals surface area (Å²) in [5, 5.41) is 3.68. The van der Waals surface area contributed by atoms with E-state index in [1.165, 1.54) is 23.0 Å². The van der Waals surface area contributed by atoms with Crippen LogP contribution in [0.5, 0.6) is 0 Å². The lowest BCUT2D eigenvalue weighted by Gasteiger charge is -2.32. The highest BCUT2D eigenvalue weighted by atomic mass is 35.5. The van der Waals surface area contributed by atoms with Crippen molar-refractivity contribution in [3.63, 3.8) is 0 Å². The van der Waals surface area contributed by atoms with Crippen molar-refractivity contribution in [3.05, 3.63) is 81.4 Å². The first-order valence-electron chi connectivity index (χ1n) is 11.5. The SMILES string of the molecule is CN1CNc2ncnc(N3CCC[C@H]3c3nc4cccc(Cl)c4c(=O)n3-c3cccc(F)c3)c2C1=O. The molecule has 2 aromatic carbocycles. The molecule has 11 heteroatoms. The maximum atomic E-state index is 14.3. The highest BCUT2D eigenvalue weighted by Crippen LogP contribution is 2.39. The third-order valence-electron chi connectivity index (χ3n) is 6.63. The molecular weight excluding hydrogens is 485 g/mol. The fourth-order valence-electron chi connectivity index (χ4n) is 4.96. The summed E-state index contributed by atoms with van der Waals surface area (Å²) in [7, 11) is 1.70. The molecule has 2 aromatic heterocycles. The van der Waals surface area contributed by atoms with Crippen molar-refractivity contribution in [2.45, 2.75) is 18.9 Å². The maximum Gasteiger partial charge on any atom is 0.267 e. The van der Waals surface area contributed by atoms with E-state index in [9.17, 15) is 14.0 Å². The molecule has 6 rings (SSSR count). The minimum atomic E-state index is -0.475. The van der Waals surface area contributed by atoms with Gasteiger partial charge in [-0.3, -0.25) is 14.2 Å². The lowest BCUT2D eigenvalue weighted by molar-refractivity contribution is 0.0796. The number of fused-ring (bicyclic) bond motifs is 2. The Morgan fingerprint density at radius 2 is 1.97 bits per heavy atom. The molecule has 0 unspecified atom stereocenters. The van der Waals surface area contributed by atoms with Crippen LogP contribution >= 0.6 is 11.6 Å².